The van der Waals surface area contributed by atoms with Crippen LogP contribution in [0.3, 0.4) is 0 Å². The van der Waals surface area contributed by atoms with E-state index in [0.29, 0.717) is 36.5 Å². The Morgan fingerprint density at radius 2 is 1.83 bits per heavy atom. The first-order valence-corrected chi connectivity index (χ1v) is 12.8. The third-order valence-corrected chi connectivity index (χ3v) is 6.87. The zero-order valence-electron chi connectivity index (χ0n) is 22.0. The van der Waals surface area contributed by atoms with E-state index in [1.807, 2.05) is 0 Å². The molecule has 2 heterocycles. The fourth-order valence-corrected chi connectivity index (χ4v) is 4.51. The molecular formula is C29H26ClFN6O4. The highest BCUT2D eigenvalue weighted by atomic mass is 35.5. The summed E-state index contributed by atoms with van der Waals surface area (Å²) >= 11 is 5.86. The van der Waals surface area contributed by atoms with Gasteiger partial charge in [-0.2, -0.15) is 0 Å². The van der Waals surface area contributed by atoms with Gasteiger partial charge in [0.1, 0.15) is 23.2 Å². The molecule has 3 amide bonds. The number of anilines is 2. The van der Waals surface area contributed by atoms with Crippen LogP contribution in [0.5, 0.6) is 5.75 Å². The average Bonchev–Trinajstić information content (AvgIpc) is 2.97. The van der Waals surface area contributed by atoms with Crippen molar-refractivity contribution in [2.24, 2.45) is 11.7 Å². The number of ether oxygens (including phenoxy) is 1. The Morgan fingerprint density at radius 1 is 1.12 bits per heavy atom. The van der Waals surface area contributed by atoms with Crippen LogP contribution in [0.2, 0.25) is 5.02 Å². The third kappa shape index (κ3) is 6.62. The number of carbonyl (C=O) groups is 3. The van der Waals surface area contributed by atoms with Gasteiger partial charge in [0.25, 0.3) is 11.8 Å². The molecule has 0 bridgehead atoms. The number of pyridine rings is 1. The minimum absolute atomic E-state index is 0.0310. The summed E-state index contributed by atoms with van der Waals surface area (Å²) < 4.78 is 20.6. The first-order valence-electron chi connectivity index (χ1n) is 12.5. The lowest BCUT2D eigenvalue weighted by Gasteiger charge is -2.32. The molecule has 1 saturated heterocycles. The molecule has 10 nitrogen and oxygen atoms in total. The summed E-state index contributed by atoms with van der Waals surface area (Å²) in [6.45, 7) is 0.861. The minimum Gasteiger partial charge on any atom is -0.495 e. The highest BCUT2D eigenvalue weighted by molar-refractivity contribution is 6.30. The predicted molar refractivity (Wildman–Crippen MR) is 153 cm³/mol. The second-order valence-corrected chi connectivity index (χ2v) is 9.66. The molecule has 5 N–H and O–H groups in total. The number of hydrogen-bond acceptors (Lipinski definition) is 6. The van der Waals surface area contributed by atoms with Gasteiger partial charge in [-0.25, -0.2) is 9.37 Å². The molecule has 0 saturated carbocycles. The molecule has 0 aliphatic carbocycles. The monoisotopic (exact) mass is 576 g/mol. The summed E-state index contributed by atoms with van der Waals surface area (Å²) in [5.41, 5.74) is 5.56. The lowest BCUT2D eigenvalue weighted by Crippen LogP contribution is -2.41. The van der Waals surface area contributed by atoms with Crippen molar-refractivity contribution < 1.29 is 23.5 Å². The van der Waals surface area contributed by atoms with E-state index in [2.05, 4.69) is 21.5 Å². The van der Waals surface area contributed by atoms with Crippen LogP contribution >= 0.6 is 11.6 Å². The lowest BCUT2D eigenvalue weighted by atomic mass is 9.95. The number of likely N-dealkylation sites (tertiary alicyclic amines) is 1. The molecule has 0 atom stereocenters. The van der Waals surface area contributed by atoms with E-state index in [4.69, 9.17) is 33.9 Å². The maximum Gasteiger partial charge on any atom is 0.259 e. The third-order valence-electron chi connectivity index (χ3n) is 6.64. The van der Waals surface area contributed by atoms with Crippen LogP contribution in [-0.4, -0.2) is 53.6 Å². The molecule has 41 heavy (non-hydrogen) atoms. The van der Waals surface area contributed by atoms with Crippen LogP contribution in [-0.2, 0) is 4.79 Å². The van der Waals surface area contributed by atoms with Gasteiger partial charge < -0.3 is 26.0 Å². The highest BCUT2D eigenvalue weighted by Gasteiger charge is 2.26. The fraction of sp³-hybridized carbons (Fsp3) is 0.207. The lowest BCUT2D eigenvalue weighted by molar-refractivity contribution is -0.122. The number of rotatable bonds is 7. The van der Waals surface area contributed by atoms with Crippen molar-refractivity contribution in [2.45, 2.75) is 12.8 Å². The zero-order valence-corrected chi connectivity index (χ0v) is 22.7. The van der Waals surface area contributed by atoms with Gasteiger partial charge in [0.05, 0.1) is 28.9 Å². The Kier molecular flexibility index (Phi) is 8.84. The molecule has 0 radical (unpaired) electrons. The van der Waals surface area contributed by atoms with Crippen molar-refractivity contribution in [3.05, 3.63) is 81.8 Å². The van der Waals surface area contributed by atoms with Crippen LogP contribution in [0.1, 0.15) is 44.7 Å². The maximum atomic E-state index is 15.2. The van der Waals surface area contributed by atoms with Gasteiger partial charge in [0.15, 0.2) is 0 Å². The van der Waals surface area contributed by atoms with E-state index in [0.717, 1.165) is 6.07 Å². The molecule has 3 aromatic rings. The number of nitrogens with one attached hydrogen (secondary N) is 3. The number of amidine groups is 1. The van der Waals surface area contributed by atoms with Gasteiger partial charge in [0, 0.05) is 36.3 Å². The number of piperidine rings is 1. The molecule has 0 unspecified atom stereocenters. The number of hydrogen-bond donors (Lipinski definition) is 4. The Bertz CT molecular complexity index is 1560. The largest absolute Gasteiger partial charge is 0.495 e. The van der Waals surface area contributed by atoms with Crippen molar-refractivity contribution in [1.29, 1.82) is 5.41 Å². The summed E-state index contributed by atoms with van der Waals surface area (Å²) in [5, 5.41) is 14.0. The number of halogens is 2. The molecule has 1 fully saturated rings. The second-order valence-electron chi connectivity index (χ2n) is 9.22. The maximum absolute atomic E-state index is 15.2. The summed E-state index contributed by atoms with van der Waals surface area (Å²) in [4.78, 5) is 43.6. The molecule has 1 aliphatic heterocycles. The summed E-state index contributed by atoms with van der Waals surface area (Å²) in [7, 11) is 1.33. The van der Waals surface area contributed by atoms with E-state index < -0.39 is 17.6 Å². The van der Waals surface area contributed by atoms with Gasteiger partial charge in [-0.15, -0.1) is 6.42 Å². The quantitative estimate of drug-likeness (QED) is 0.190. The van der Waals surface area contributed by atoms with Crippen molar-refractivity contribution in [1.82, 2.24) is 9.88 Å². The van der Waals surface area contributed by atoms with Gasteiger partial charge >= 0.3 is 0 Å². The Balaban J connectivity index is 1.57. The molecule has 12 heteroatoms. The van der Waals surface area contributed by atoms with Crippen molar-refractivity contribution in [3.63, 3.8) is 0 Å². The Morgan fingerprint density at radius 3 is 2.41 bits per heavy atom. The number of methoxy groups -OCH3 is 1. The standard InChI is InChI=1S/C29H26ClFN6O4/c1-3-16-12-21(29(40)35-24-7-5-19(30)15-34-24)25(23(13-16)41-2)36-28(39)20-6-4-18(14-22(20)31)26(32)37-10-8-17(9-11-37)27(33)38/h1,4-7,12-15,17,32H,8-11H2,2H3,(H2,33,38)(H,36,39)(H,34,35,40). The molecule has 2 aromatic carbocycles. The molecular weight excluding hydrogens is 551 g/mol. The second kappa shape index (κ2) is 12.5. The van der Waals surface area contributed by atoms with E-state index in [1.165, 1.54) is 43.6 Å². The summed E-state index contributed by atoms with van der Waals surface area (Å²) in [6.07, 6.45) is 7.91. The number of terminal acetylenes is 1. The van der Waals surface area contributed by atoms with Crippen LogP contribution in [0, 0.1) is 29.5 Å². The summed E-state index contributed by atoms with van der Waals surface area (Å²) in [5.74, 6) is -0.215. The summed E-state index contributed by atoms with van der Waals surface area (Å²) in [6, 6.07) is 9.68. The van der Waals surface area contributed by atoms with E-state index in [9.17, 15) is 14.4 Å². The van der Waals surface area contributed by atoms with Crippen molar-refractivity contribution in [3.8, 4) is 18.1 Å². The van der Waals surface area contributed by atoms with Crippen LogP contribution in [0.25, 0.3) is 0 Å². The molecule has 0 spiro atoms. The molecule has 210 valence electrons. The van der Waals surface area contributed by atoms with Gasteiger partial charge in [-0.05, 0) is 49.2 Å². The number of nitrogens with two attached hydrogens (primary N) is 1. The number of nitrogens with zero attached hydrogens (tertiary/aromatic N) is 2. The highest BCUT2D eigenvalue weighted by Crippen LogP contribution is 2.32. The van der Waals surface area contributed by atoms with E-state index in [1.54, 1.807) is 11.0 Å². The first kappa shape index (κ1) is 29.0. The Labute approximate surface area is 240 Å². The number of carbonyl (C=O) groups excluding carboxylic acids is 3. The number of benzene rings is 2. The van der Waals surface area contributed by atoms with Crippen LogP contribution in [0.4, 0.5) is 15.9 Å². The number of amides is 3. The SMILES string of the molecule is C#Cc1cc(OC)c(NC(=O)c2ccc(C(=N)N3CCC(C(N)=O)CC3)cc2F)c(C(=O)Nc2ccc(Cl)cn2)c1. The van der Waals surface area contributed by atoms with Gasteiger partial charge in [-0.3, -0.25) is 19.8 Å². The van der Waals surface area contributed by atoms with E-state index in [-0.39, 0.29) is 51.6 Å². The van der Waals surface area contributed by atoms with Crippen LogP contribution in [0.15, 0.2) is 48.7 Å². The molecule has 1 aliphatic rings. The van der Waals surface area contributed by atoms with Gasteiger partial charge in [-0.1, -0.05) is 23.6 Å². The zero-order chi connectivity index (χ0) is 29.7. The normalized spacial score (nSPS) is 13.2. The minimum atomic E-state index is -0.868. The first-order chi connectivity index (χ1) is 19.6. The number of primary amides is 1. The predicted octanol–water partition coefficient (Wildman–Crippen LogP) is 3.89. The van der Waals surface area contributed by atoms with Gasteiger partial charge in [0.2, 0.25) is 5.91 Å². The number of aromatic nitrogens is 1. The van der Waals surface area contributed by atoms with Crippen molar-refractivity contribution in [2.75, 3.05) is 30.8 Å². The molecule has 1 aromatic heterocycles. The fourth-order valence-electron chi connectivity index (χ4n) is 4.40. The average molecular weight is 577 g/mol. The van der Waals surface area contributed by atoms with Crippen LogP contribution < -0.4 is 21.1 Å². The van der Waals surface area contributed by atoms with E-state index >= 15 is 4.39 Å². The smallest absolute Gasteiger partial charge is 0.259 e. The van der Waals surface area contributed by atoms with Crippen molar-refractivity contribution >= 4 is 46.7 Å². The topological polar surface area (TPSA) is 150 Å². The molecule has 4 rings (SSSR count). The Hall–Kier alpha value is -4.95.